The summed E-state index contributed by atoms with van der Waals surface area (Å²) in [4.78, 5) is 43.6. The number of unbranched alkanes of at least 4 members (excludes halogenated alkanes) is 1. The highest BCUT2D eigenvalue weighted by molar-refractivity contribution is 7.81. The van der Waals surface area contributed by atoms with Crippen LogP contribution in [0.1, 0.15) is 45.4 Å². The molecule has 0 aliphatic carbocycles. The van der Waals surface area contributed by atoms with Gasteiger partial charge in [0.15, 0.2) is 0 Å². The molecule has 176 valence electrons. The van der Waals surface area contributed by atoms with Crippen molar-refractivity contribution < 1.29 is 38.1 Å². The second-order valence-corrected chi connectivity index (χ2v) is 7.14. The molecule has 0 aliphatic rings. The van der Waals surface area contributed by atoms with Crippen LogP contribution in [0.4, 0.5) is 0 Å². The predicted molar refractivity (Wildman–Crippen MR) is 127 cm³/mol. The van der Waals surface area contributed by atoms with Gasteiger partial charge in [0.1, 0.15) is 0 Å². The Kier molecular flexibility index (Phi) is 24.1. The van der Waals surface area contributed by atoms with E-state index >= 15 is 0 Å². The lowest BCUT2D eigenvalue weighted by Gasteiger charge is -2.17. The molecule has 0 heterocycles. The van der Waals surface area contributed by atoms with Crippen molar-refractivity contribution >= 4 is 74.4 Å². The van der Waals surface area contributed by atoms with E-state index in [-0.39, 0.29) is 36.3 Å². The van der Waals surface area contributed by atoms with Gasteiger partial charge in [-0.25, -0.2) is 0 Å². The number of rotatable bonds is 15. The van der Waals surface area contributed by atoms with Gasteiger partial charge in [-0.1, -0.05) is 6.92 Å². The van der Waals surface area contributed by atoms with E-state index in [4.69, 9.17) is 18.9 Å². The van der Waals surface area contributed by atoms with E-state index in [0.717, 1.165) is 6.42 Å². The van der Waals surface area contributed by atoms with Gasteiger partial charge < -0.3 is 18.9 Å². The Labute approximate surface area is 200 Å². The SMILES string of the molecule is CCCC(OC(=O)CCS)OC(=O)CCS.O=C(CS)OCCCCOC(=O)CS. The number of carbonyl (C=O) groups excluding carboxylic acids is 4. The van der Waals surface area contributed by atoms with E-state index in [1.165, 1.54) is 0 Å². The normalized spacial score (nSPS) is 9.93. The molecule has 8 nitrogen and oxygen atoms in total. The Morgan fingerprint density at radius 2 is 1.10 bits per heavy atom. The topological polar surface area (TPSA) is 105 Å². The van der Waals surface area contributed by atoms with Crippen LogP contribution >= 0.6 is 50.5 Å². The Hall–Kier alpha value is -0.720. The maximum absolute atomic E-state index is 11.2. The number of ether oxygens (including phenoxy) is 4. The lowest BCUT2D eigenvalue weighted by atomic mass is 10.3. The summed E-state index contributed by atoms with van der Waals surface area (Å²) in [5, 5.41) is 0. The predicted octanol–water partition coefficient (Wildman–Crippen LogP) is 2.55. The zero-order chi connectivity index (χ0) is 23.2. The van der Waals surface area contributed by atoms with Crippen LogP contribution in [0.5, 0.6) is 0 Å². The molecule has 0 spiro atoms. The van der Waals surface area contributed by atoms with Gasteiger partial charge in [-0.3, -0.25) is 19.2 Å². The van der Waals surface area contributed by atoms with Gasteiger partial charge in [-0.2, -0.15) is 50.5 Å². The lowest BCUT2D eigenvalue weighted by molar-refractivity contribution is -0.188. The third-order valence-electron chi connectivity index (χ3n) is 3.00. The number of carbonyl (C=O) groups is 4. The molecule has 0 amide bonds. The van der Waals surface area contributed by atoms with Crippen LogP contribution in [0.15, 0.2) is 0 Å². The molecular formula is C18H32O8S4. The van der Waals surface area contributed by atoms with Crippen molar-refractivity contribution in [2.24, 2.45) is 0 Å². The van der Waals surface area contributed by atoms with Crippen LogP contribution in [0, 0.1) is 0 Å². The first-order valence-electron chi connectivity index (χ1n) is 9.48. The molecule has 0 aromatic carbocycles. The Morgan fingerprint density at radius 3 is 1.40 bits per heavy atom. The minimum atomic E-state index is -0.773. The van der Waals surface area contributed by atoms with Crippen molar-refractivity contribution in [2.45, 2.75) is 51.7 Å². The van der Waals surface area contributed by atoms with E-state index in [0.29, 0.717) is 44.0 Å². The van der Waals surface area contributed by atoms with Crippen molar-refractivity contribution in [3.63, 3.8) is 0 Å². The molecule has 0 saturated heterocycles. The van der Waals surface area contributed by atoms with E-state index in [9.17, 15) is 19.2 Å². The van der Waals surface area contributed by atoms with Crippen LogP contribution in [0.2, 0.25) is 0 Å². The van der Waals surface area contributed by atoms with Gasteiger partial charge >= 0.3 is 23.9 Å². The fourth-order valence-corrected chi connectivity index (χ4v) is 2.19. The van der Waals surface area contributed by atoms with Gasteiger partial charge in [0.25, 0.3) is 0 Å². The van der Waals surface area contributed by atoms with Crippen LogP contribution in [-0.4, -0.2) is 66.4 Å². The summed E-state index contributed by atoms with van der Waals surface area (Å²) < 4.78 is 19.5. The smallest absolute Gasteiger partial charge is 0.315 e. The number of hydrogen-bond acceptors (Lipinski definition) is 12. The molecule has 0 aromatic rings. The minimum Gasteiger partial charge on any atom is -0.465 e. The summed E-state index contributed by atoms with van der Waals surface area (Å²) >= 11 is 15.3. The summed E-state index contributed by atoms with van der Waals surface area (Å²) in [5.41, 5.74) is 0. The lowest BCUT2D eigenvalue weighted by Crippen LogP contribution is -2.24. The Bertz CT molecular complexity index is 451. The molecule has 0 radical (unpaired) electrons. The van der Waals surface area contributed by atoms with E-state index in [2.05, 4.69) is 50.5 Å². The third kappa shape index (κ3) is 22.0. The Morgan fingerprint density at radius 1 is 0.700 bits per heavy atom. The number of esters is 4. The van der Waals surface area contributed by atoms with Crippen molar-refractivity contribution in [1.29, 1.82) is 0 Å². The maximum atomic E-state index is 11.2. The molecule has 0 N–H and O–H groups in total. The molecule has 0 aliphatic heterocycles. The second-order valence-electron chi connectivity index (χ2n) is 5.61. The largest absolute Gasteiger partial charge is 0.465 e. The first-order chi connectivity index (χ1) is 14.3. The monoisotopic (exact) mass is 504 g/mol. The summed E-state index contributed by atoms with van der Waals surface area (Å²) in [6.07, 6.45) is 2.30. The molecule has 0 saturated carbocycles. The molecule has 0 unspecified atom stereocenters. The van der Waals surface area contributed by atoms with Crippen LogP contribution in [-0.2, 0) is 38.1 Å². The molecule has 0 rings (SSSR count). The van der Waals surface area contributed by atoms with Crippen LogP contribution in [0.3, 0.4) is 0 Å². The molecule has 0 fully saturated rings. The standard InChI is InChI=1S/C10H18O4S2.C8H14O4S2/c1-2-3-10(13-8(11)4-6-15)14-9(12)5-7-16;9-7(5-13)11-3-1-2-4-12-8(10)6-14/h10,15-16H,2-7H2,1H3;13-14H,1-6H2. The highest BCUT2D eigenvalue weighted by Gasteiger charge is 2.17. The molecule has 0 aromatic heterocycles. The third-order valence-corrected chi connectivity index (χ3v) is 3.97. The summed E-state index contributed by atoms with van der Waals surface area (Å²) in [6, 6.07) is 0. The highest BCUT2D eigenvalue weighted by Crippen LogP contribution is 2.08. The molecule has 30 heavy (non-hydrogen) atoms. The van der Waals surface area contributed by atoms with Crippen molar-refractivity contribution in [1.82, 2.24) is 0 Å². The second kappa shape index (κ2) is 23.0. The summed E-state index contributed by atoms with van der Waals surface area (Å²) in [6.45, 7) is 2.61. The van der Waals surface area contributed by atoms with Crippen molar-refractivity contribution in [3.05, 3.63) is 0 Å². The van der Waals surface area contributed by atoms with Gasteiger partial charge in [-0.15, -0.1) is 0 Å². The van der Waals surface area contributed by atoms with E-state index < -0.39 is 18.2 Å². The van der Waals surface area contributed by atoms with Gasteiger partial charge in [0.05, 0.1) is 37.6 Å². The first kappa shape index (κ1) is 31.5. The molecule has 0 bridgehead atoms. The van der Waals surface area contributed by atoms with Crippen molar-refractivity contribution in [3.8, 4) is 0 Å². The minimum absolute atomic E-state index is 0.0919. The average molecular weight is 505 g/mol. The average Bonchev–Trinajstić information content (AvgIpc) is 2.71. The van der Waals surface area contributed by atoms with Gasteiger partial charge in [-0.05, 0) is 19.3 Å². The maximum Gasteiger partial charge on any atom is 0.315 e. The zero-order valence-electron chi connectivity index (χ0n) is 17.1. The number of thiol groups is 4. The zero-order valence-corrected chi connectivity index (χ0v) is 20.7. The quantitative estimate of drug-likeness (QED) is 0.0887. The fraction of sp³-hybridized carbons (Fsp3) is 0.778. The highest BCUT2D eigenvalue weighted by atomic mass is 32.1. The molecule has 12 heteroatoms. The molecular weight excluding hydrogens is 472 g/mol. The number of hydrogen-bond donors (Lipinski definition) is 4. The van der Waals surface area contributed by atoms with Crippen molar-refractivity contribution in [2.75, 3.05) is 36.2 Å². The van der Waals surface area contributed by atoms with Crippen LogP contribution < -0.4 is 0 Å². The fourth-order valence-electron chi connectivity index (χ4n) is 1.64. The Balaban J connectivity index is 0. The van der Waals surface area contributed by atoms with E-state index in [1.807, 2.05) is 6.92 Å². The molecule has 0 atom stereocenters. The van der Waals surface area contributed by atoms with Gasteiger partial charge in [0, 0.05) is 17.9 Å². The summed E-state index contributed by atoms with van der Waals surface area (Å²) in [5.74, 6) is -0.436. The van der Waals surface area contributed by atoms with E-state index in [1.54, 1.807) is 0 Å². The first-order valence-corrected chi connectivity index (χ1v) is 12.0. The van der Waals surface area contributed by atoms with Gasteiger partial charge in [0.2, 0.25) is 6.29 Å². The summed E-state index contributed by atoms with van der Waals surface area (Å²) in [7, 11) is 0. The van der Waals surface area contributed by atoms with Crippen LogP contribution in [0.25, 0.3) is 0 Å².